The lowest BCUT2D eigenvalue weighted by atomic mass is 9.85. The number of ether oxygens (including phenoxy) is 1. The van der Waals surface area contributed by atoms with Crippen molar-refractivity contribution in [1.82, 2.24) is 15.5 Å². The van der Waals surface area contributed by atoms with Crippen molar-refractivity contribution in [2.45, 2.75) is 84.3 Å². The van der Waals surface area contributed by atoms with Crippen LogP contribution >= 0.6 is 0 Å². The minimum Gasteiger partial charge on any atom is -0.445 e. The first-order valence-corrected chi connectivity index (χ1v) is 11.0. The summed E-state index contributed by atoms with van der Waals surface area (Å²) >= 11 is 0. The van der Waals surface area contributed by atoms with Gasteiger partial charge >= 0.3 is 6.09 Å². The molecule has 1 amide bonds. The van der Waals surface area contributed by atoms with E-state index in [-0.39, 0.29) is 43.2 Å². The number of amides is 1. The van der Waals surface area contributed by atoms with Gasteiger partial charge in [-0.1, -0.05) is 32.4 Å². The van der Waals surface area contributed by atoms with Crippen LogP contribution in [0.2, 0.25) is 0 Å². The van der Waals surface area contributed by atoms with E-state index in [1.54, 1.807) is 14.0 Å². The first kappa shape index (κ1) is 26.3. The molecule has 0 radical (unpaired) electrons. The van der Waals surface area contributed by atoms with Crippen molar-refractivity contribution >= 4 is 17.7 Å². The zero-order chi connectivity index (χ0) is 22.9. The van der Waals surface area contributed by atoms with Crippen LogP contribution in [0.15, 0.2) is 12.2 Å². The van der Waals surface area contributed by atoms with E-state index in [1.165, 1.54) is 4.90 Å². The van der Waals surface area contributed by atoms with Gasteiger partial charge in [0.15, 0.2) is 11.6 Å². The van der Waals surface area contributed by atoms with Gasteiger partial charge in [0.2, 0.25) is 0 Å². The molecule has 0 unspecified atom stereocenters. The summed E-state index contributed by atoms with van der Waals surface area (Å²) in [7, 11) is 1.61. The number of carbonyl (C=O) groups excluding carboxylic acids is 3. The summed E-state index contributed by atoms with van der Waals surface area (Å²) in [6, 6.07) is 0.161. The van der Waals surface area contributed by atoms with Crippen molar-refractivity contribution in [3.8, 4) is 0 Å². The largest absolute Gasteiger partial charge is 0.445 e. The van der Waals surface area contributed by atoms with E-state index in [2.05, 4.69) is 10.6 Å². The molecule has 1 aliphatic heterocycles. The van der Waals surface area contributed by atoms with E-state index in [0.717, 1.165) is 25.7 Å². The van der Waals surface area contributed by atoms with Crippen LogP contribution in [0.5, 0.6) is 0 Å². The second kappa shape index (κ2) is 11.6. The van der Waals surface area contributed by atoms with Gasteiger partial charge < -0.3 is 15.0 Å². The maximum atomic E-state index is 13.2. The molecule has 1 aliphatic rings. The number of nitrogens with zero attached hydrogens (tertiary/aromatic N) is 1. The van der Waals surface area contributed by atoms with Crippen molar-refractivity contribution < 1.29 is 19.1 Å². The number of nitrogens with one attached hydrogen (secondary N) is 2. The number of carbonyl (C=O) groups is 3. The second-order valence-corrected chi connectivity index (χ2v) is 9.41. The predicted octanol–water partition coefficient (Wildman–Crippen LogP) is 3.08. The predicted molar refractivity (Wildman–Crippen MR) is 120 cm³/mol. The molecule has 7 nitrogen and oxygen atoms in total. The lowest BCUT2D eigenvalue weighted by Gasteiger charge is -2.37. The Kier molecular flexibility index (Phi) is 10.2. The van der Waals surface area contributed by atoms with E-state index in [4.69, 9.17) is 4.74 Å². The maximum absolute atomic E-state index is 13.2. The fraction of sp³-hybridized carbons (Fsp3) is 0.783. The van der Waals surface area contributed by atoms with Crippen LogP contribution in [0.4, 0.5) is 4.79 Å². The van der Waals surface area contributed by atoms with E-state index in [1.807, 2.05) is 46.8 Å². The van der Waals surface area contributed by atoms with Crippen molar-refractivity contribution in [2.24, 2.45) is 5.92 Å². The Hall–Kier alpha value is -1.73. The van der Waals surface area contributed by atoms with Gasteiger partial charge in [-0.3, -0.25) is 14.9 Å². The molecule has 1 heterocycles. The number of rotatable bonds is 4. The first-order valence-electron chi connectivity index (χ1n) is 11.0. The van der Waals surface area contributed by atoms with E-state index < -0.39 is 17.2 Å². The van der Waals surface area contributed by atoms with Crippen molar-refractivity contribution in [1.29, 1.82) is 0 Å². The quantitative estimate of drug-likeness (QED) is 0.676. The summed E-state index contributed by atoms with van der Waals surface area (Å²) in [5.74, 6) is -0.267. The van der Waals surface area contributed by atoms with Crippen molar-refractivity contribution in [3.05, 3.63) is 12.2 Å². The van der Waals surface area contributed by atoms with Gasteiger partial charge in [-0.15, -0.1) is 0 Å². The highest BCUT2D eigenvalue weighted by atomic mass is 16.6. The molecule has 0 saturated carbocycles. The smallest absolute Gasteiger partial charge is 0.409 e. The summed E-state index contributed by atoms with van der Waals surface area (Å²) < 4.78 is 5.27. The minimum atomic E-state index is -1.05. The molecular formula is C23H41N3O4. The van der Waals surface area contributed by atoms with Crippen LogP contribution in [0.3, 0.4) is 0 Å². The van der Waals surface area contributed by atoms with Crippen LogP contribution in [0, 0.1) is 5.92 Å². The Bertz CT molecular complexity index is 632. The molecule has 0 aromatic carbocycles. The molecule has 0 spiro atoms. The average molecular weight is 424 g/mol. The standard InChI is InChI=1S/C23H41N3O4/c1-17(2)20(28)23(6)16-26(7)21(29)30-14-12-10-8-9-11-13-22(5,25-18(3)4)19(27)15-24-23/h10,12,17-18,24-25H,8-9,11,13-16H2,1-7H3/b12-10-/t22-,23+/m1/s1. The summed E-state index contributed by atoms with van der Waals surface area (Å²) in [4.78, 5) is 39.9. The third-order valence-electron chi connectivity index (χ3n) is 5.56. The molecule has 7 heteroatoms. The zero-order valence-corrected chi connectivity index (χ0v) is 19.8. The van der Waals surface area contributed by atoms with Crippen LogP contribution in [-0.2, 0) is 14.3 Å². The maximum Gasteiger partial charge on any atom is 0.409 e. The minimum absolute atomic E-state index is 0.0202. The molecule has 0 bridgehead atoms. The number of hydrogen-bond donors (Lipinski definition) is 2. The van der Waals surface area contributed by atoms with E-state index in [9.17, 15) is 14.4 Å². The van der Waals surface area contributed by atoms with Crippen LogP contribution in [0.25, 0.3) is 0 Å². The Balaban J connectivity index is 3.16. The van der Waals surface area contributed by atoms with E-state index >= 15 is 0 Å². The lowest BCUT2D eigenvalue weighted by molar-refractivity contribution is -0.129. The molecule has 2 atom stereocenters. The lowest BCUT2D eigenvalue weighted by Crippen LogP contribution is -2.62. The summed E-state index contributed by atoms with van der Waals surface area (Å²) in [5, 5.41) is 6.61. The van der Waals surface area contributed by atoms with Crippen LogP contribution in [-0.4, -0.2) is 66.4 Å². The van der Waals surface area contributed by atoms with Gasteiger partial charge in [-0.2, -0.15) is 0 Å². The third-order valence-corrected chi connectivity index (χ3v) is 5.56. The fourth-order valence-corrected chi connectivity index (χ4v) is 3.95. The molecule has 0 aromatic heterocycles. The molecule has 0 fully saturated rings. The van der Waals surface area contributed by atoms with Crippen molar-refractivity contribution in [2.75, 3.05) is 26.7 Å². The molecule has 0 saturated heterocycles. The fourth-order valence-electron chi connectivity index (χ4n) is 3.95. The number of ketones is 2. The van der Waals surface area contributed by atoms with Gasteiger partial charge in [0.25, 0.3) is 0 Å². The molecule has 172 valence electrons. The van der Waals surface area contributed by atoms with Gasteiger partial charge in [0, 0.05) is 25.6 Å². The SMILES string of the molecule is CC(C)N[C@]1(C)CCCC/C=C\COC(=O)N(C)C[C@@](C)(C(=O)C(C)C)NCC1=O. The Morgan fingerprint density at radius 2 is 1.83 bits per heavy atom. The monoisotopic (exact) mass is 423 g/mol. The number of hydrogen-bond acceptors (Lipinski definition) is 6. The van der Waals surface area contributed by atoms with Crippen molar-refractivity contribution in [3.63, 3.8) is 0 Å². The molecule has 0 aliphatic carbocycles. The van der Waals surface area contributed by atoms with Crippen LogP contribution < -0.4 is 10.6 Å². The molecule has 1 rings (SSSR count). The summed E-state index contributed by atoms with van der Waals surface area (Å²) in [6.07, 6.45) is 6.80. The van der Waals surface area contributed by atoms with Gasteiger partial charge in [0.1, 0.15) is 6.61 Å². The number of likely N-dealkylation sites (N-methyl/N-ethyl adjacent to an activating group) is 1. The number of cyclic esters (lactones) is 1. The zero-order valence-electron chi connectivity index (χ0n) is 19.8. The number of Topliss-reactive ketones (excluding diaryl/α,β-unsaturated/α-hetero) is 2. The van der Waals surface area contributed by atoms with E-state index in [0.29, 0.717) is 0 Å². The highest BCUT2D eigenvalue weighted by molar-refractivity contribution is 5.93. The Morgan fingerprint density at radius 1 is 1.17 bits per heavy atom. The number of allylic oxidation sites excluding steroid dienone is 1. The van der Waals surface area contributed by atoms with Gasteiger partial charge in [0.05, 0.1) is 17.6 Å². The third kappa shape index (κ3) is 7.84. The normalized spacial score (nSPS) is 29.2. The topological polar surface area (TPSA) is 87.7 Å². The average Bonchev–Trinajstić information content (AvgIpc) is 2.65. The summed E-state index contributed by atoms with van der Waals surface area (Å²) in [5.41, 5.74) is -1.72. The summed E-state index contributed by atoms with van der Waals surface area (Å²) in [6.45, 7) is 11.8. The molecular weight excluding hydrogens is 382 g/mol. The molecule has 30 heavy (non-hydrogen) atoms. The highest BCUT2D eigenvalue weighted by Crippen LogP contribution is 2.20. The van der Waals surface area contributed by atoms with Gasteiger partial charge in [-0.05, 0) is 47.0 Å². The molecule has 2 N–H and O–H groups in total. The second-order valence-electron chi connectivity index (χ2n) is 9.41. The Morgan fingerprint density at radius 3 is 2.43 bits per heavy atom. The first-order chi connectivity index (χ1) is 13.9. The van der Waals surface area contributed by atoms with Gasteiger partial charge in [-0.25, -0.2) is 4.79 Å². The van der Waals surface area contributed by atoms with Crippen LogP contribution in [0.1, 0.15) is 67.2 Å². The Labute approximate surface area is 182 Å². The highest BCUT2D eigenvalue weighted by Gasteiger charge is 2.39. The molecule has 0 aromatic rings.